The van der Waals surface area contributed by atoms with Gasteiger partial charge in [-0.3, -0.25) is 4.68 Å². The Bertz CT molecular complexity index is 1260. The molecule has 0 radical (unpaired) electrons. The molecule has 8 nitrogen and oxygen atoms in total. The molecular formula is C23H24FN7O. The van der Waals surface area contributed by atoms with E-state index in [0.717, 1.165) is 22.3 Å². The topological polar surface area (TPSA) is 81.0 Å². The van der Waals surface area contributed by atoms with E-state index in [2.05, 4.69) is 30.3 Å². The zero-order chi connectivity index (χ0) is 22.2. The second kappa shape index (κ2) is 8.16. The number of aryl methyl sites for hydroxylation is 1. The first-order valence-corrected chi connectivity index (χ1v) is 10.5. The van der Waals surface area contributed by atoms with E-state index in [1.807, 2.05) is 45.2 Å². The van der Waals surface area contributed by atoms with Crippen LogP contribution in [0.1, 0.15) is 13.8 Å². The predicted molar refractivity (Wildman–Crippen MR) is 121 cm³/mol. The number of morpholine rings is 1. The molecule has 1 aliphatic heterocycles. The van der Waals surface area contributed by atoms with E-state index in [0.29, 0.717) is 30.4 Å². The third-order valence-corrected chi connectivity index (χ3v) is 5.51. The second-order valence-corrected chi connectivity index (χ2v) is 8.11. The monoisotopic (exact) mass is 433 g/mol. The fourth-order valence-electron chi connectivity index (χ4n) is 4.06. The maximum Gasteiger partial charge on any atom is 0.165 e. The van der Waals surface area contributed by atoms with Gasteiger partial charge in [0.1, 0.15) is 17.2 Å². The number of halogens is 1. The Kier molecular flexibility index (Phi) is 5.18. The van der Waals surface area contributed by atoms with E-state index in [1.165, 1.54) is 6.20 Å². The summed E-state index contributed by atoms with van der Waals surface area (Å²) in [5.74, 6) is 0.788. The number of hydrogen-bond acceptors (Lipinski definition) is 7. The molecule has 4 aromatic heterocycles. The average molecular weight is 433 g/mol. The molecule has 0 saturated carbocycles. The summed E-state index contributed by atoms with van der Waals surface area (Å²) in [6.07, 6.45) is 4.83. The SMILES string of the molecule is C[C@@H]1CN(c2cc(Nc3cc(-c4ccc5c(cnn5C)n4)ccn3)c(F)cn2)C[C@H](C)O1. The molecule has 4 aromatic rings. The van der Waals surface area contributed by atoms with Crippen molar-refractivity contribution in [1.82, 2.24) is 24.7 Å². The van der Waals surface area contributed by atoms with Crippen molar-refractivity contribution in [1.29, 1.82) is 0 Å². The number of rotatable bonds is 4. The quantitative estimate of drug-likeness (QED) is 0.522. The molecule has 0 amide bonds. The minimum atomic E-state index is -0.440. The maximum absolute atomic E-state index is 14.6. The van der Waals surface area contributed by atoms with Gasteiger partial charge in [-0.25, -0.2) is 19.3 Å². The molecule has 5 heterocycles. The van der Waals surface area contributed by atoms with E-state index in [-0.39, 0.29) is 12.2 Å². The number of nitrogens with one attached hydrogen (secondary N) is 1. The number of fused-ring (bicyclic) bond motifs is 1. The minimum Gasteiger partial charge on any atom is -0.372 e. The molecule has 1 fully saturated rings. The summed E-state index contributed by atoms with van der Waals surface area (Å²) in [5.41, 5.74) is 3.76. The van der Waals surface area contributed by atoms with Crippen molar-refractivity contribution in [2.75, 3.05) is 23.3 Å². The summed E-state index contributed by atoms with van der Waals surface area (Å²) < 4.78 is 22.1. The van der Waals surface area contributed by atoms with Gasteiger partial charge in [-0.05, 0) is 38.1 Å². The molecule has 32 heavy (non-hydrogen) atoms. The summed E-state index contributed by atoms with van der Waals surface area (Å²) >= 11 is 0. The van der Waals surface area contributed by atoms with Crippen LogP contribution in [0.2, 0.25) is 0 Å². The number of ether oxygens (including phenoxy) is 1. The Morgan fingerprint density at radius 1 is 1.06 bits per heavy atom. The highest BCUT2D eigenvalue weighted by Crippen LogP contribution is 2.27. The Morgan fingerprint density at radius 2 is 1.88 bits per heavy atom. The van der Waals surface area contributed by atoms with Gasteiger partial charge in [0.25, 0.3) is 0 Å². The smallest absolute Gasteiger partial charge is 0.165 e. The molecule has 0 spiro atoms. The van der Waals surface area contributed by atoms with Crippen LogP contribution in [0.25, 0.3) is 22.3 Å². The lowest BCUT2D eigenvalue weighted by atomic mass is 10.1. The highest BCUT2D eigenvalue weighted by atomic mass is 19.1. The van der Waals surface area contributed by atoms with Crippen molar-refractivity contribution in [2.24, 2.45) is 7.05 Å². The molecule has 1 aliphatic rings. The molecule has 164 valence electrons. The maximum atomic E-state index is 14.6. The van der Waals surface area contributed by atoms with Crippen LogP contribution < -0.4 is 10.2 Å². The van der Waals surface area contributed by atoms with Crippen LogP contribution in [0.4, 0.5) is 21.7 Å². The highest BCUT2D eigenvalue weighted by molar-refractivity contribution is 5.78. The molecule has 0 bridgehead atoms. The molecule has 9 heteroatoms. The van der Waals surface area contributed by atoms with Crippen molar-refractivity contribution >= 4 is 28.4 Å². The van der Waals surface area contributed by atoms with E-state index in [1.54, 1.807) is 23.1 Å². The van der Waals surface area contributed by atoms with Crippen LogP contribution in [0.15, 0.2) is 48.9 Å². The number of anilines is 3. The van der Waals surface area contributed by atoms with Gasteiger partial charge in [-0.15, -0.1) is 0 Å². The molecule has 0 unspecified atom stereocenters. The summed E-state index contributed by atoms with van der Waals surface area (Å²) in [6.45, 7) is 5.46. The summed E-state index contributed by atoms with van der Waals surface area (Å²) in [6, 6.07) is 9.37. The van der Waals surface area contributed by atoms with Gasteiger partial charge in [0, 0.05) is 38.0 Å². The number of nitrogens with zero attached hydrogens (tertiary/aromatic N) is 6. The van der Waals surface area contributed by atoms with E-state index >= 15 is 0 Å². The van der Waals surface area contributed by atoms with Crippen molar-refractivity contribution in [3.05, 3.63) is 54.7 Å². The molecule has 5 rings (SSSR count). The van der Waals surface area contributed by atoms with Gasteiger partial charge < -0.3 is 15.0 Å². The normalized spacial score (nSPS) is 18.8. The Morgan fingerprint density at radius 3 is 2.69 bits per heavy atom. The standard InChI is InChI=1S/C23H24FN7O/c1-14-12-31(13-15(2)32-14)23-9-19(17(24)10-26-23)29-22-8-16(6-7-25-22)18-4-5-21-20(28-18)11-27-30(21)3/h4-11,14-15H,12-13H2,1-3H3,(H,25,26,29)/t14-,15+. The van der Waals surface area contributed by atoms with Gasteiger partial charge >= 0.3 is 0 Å². The molecule has 1 saturated heterocycles. The lowest BCUT2D eigenvalue weighted by molar-refractivity contribution is -0.00546. The average Bonchev–Trinajstić information content (AvgIpc) is 3.15. The highest BCUT2D eigenvalue weighted by Gasteiger charge is 2.24. The summed E-state index contributed by atoms with van der Waals surface area (Å²) in [4.78, 5) is 15.4. The zero-order valence-electron chi connectivity index (χ0n) is 18.2. The van der Waals surface area contributed by atoms with E-state index in [9.17, 15) is 4.39 Å². The van der Waals surface area contributed by atoms with Gasteiger partial charge in [0.2, 0.25) is 0 Å². The van der Waals surface area contributed by atoms with Crippen LogP contribution >= 0.6 is 0 Å². The van der Waals surface area contributed by atoms with Crippen molar-refractivity contribution in [3.8, 4) is 11.3 Å². The van der Waals surface area contributed by atoms with Crippen LogP contribution in [-0.2, 0) is 11.8 Å². The van der Waals surface area contributed by atoms with Gasteiger partial charge in [-0.1, -0.05) is 0 Å². The first-order valence-electron chi connectivity index (χ1n) is 10.5. The Balaban J connectivity index is 1.41. The lowest BCUT2D eigenvalue weighted by Crippen LogP contribution is -2.45. The second-order valence-electron chi connectivity index (χ2n) is 8.11. The van der Waals surface area contributed by atoms with Gasteiger partial charge in [0.05, 0.1) is 41.5 Å². The third-order valence-electron chi connectivity index (χ3n) is 5.51. The fourth-order valence-corrected chi connectivity index (χ4v) is 4.06. The third kappa shape index (κ3) is 3.99. The molecule has 0 aromatic carbocycles. The first-order chi connectivity index (χ1) is 15.5. The Hall–Kier alpha value is -3.59. The fraction of sp³-hybridized carbons (Fsp3) is 0.304. The predicted octanol–water partition coefficient (Wildman–Crippen LogP) is 3.92. The van der Waals surface area contributed by atoms with Crippen molar-refractivity contribution in [2.45, 2.75) is 26.1 Å². The summed E-state index contributed by atoms with van der Waals surface area (Å²) in [5, 5.41) is 7.34. The number of hydrogen-bond donors (Lipinski definition) is 1. The van der Waals surface area contributed by atoms with Crippen molar-refractivity contribution < 1.29 is 9.13 Å². The van der Waals surface area contributed by atoms with Gasteiger partial charge in [-0.2, -0.15) is 5.10 Å². The van der Waals surface area contributed by atoms with Gasteiger partial charge in [0.15, 0.2) is 5.82 Å². The van der Waals surface area contributed by atoms with Crippen LogP contribution in [0.3, 0.4) is 0 Å². The zero-order valence-corrected chi connectivity index (χ0v) is 18.2. The lowest BCUT2D eigenvalue weighted by Gasteiger charge is -2.36. The minimum absolute atomic E-state index is 0.0880. The van der Waals surface area contributed by atoms with Crippen LogP contribution in [0.5, 0.6) is 0 Å². The molecule has 2 atom stereocenters. The largest absolute Gasteiger partial charge is 0.372 e. The van der Waals surface area contributed by atoms with Crippen LogP contribution in [-0.4, -0.2) is 50.0 Å². The first kappa shape index (κ1) is 20.3. The molecule has 0 aliphatic carbocycles. The van der Waals surface area contributed by atoms with E-state index < -0.39 is 5.82 Å². The number of aromatic nitrogens is 5. The van der Waals surface area contributed by atoms with E-state index in [4.69, 9.17) is 4.74 Å². The summed E-state index contributed by atoms with van der Waals surface area (Å²) in [7, 11) is 1.88. The Labute approximate surface area is 185 Å². The molecular weight excluding hydrogens is 409 g/mol. The van der Waals surface area contributed by atoms with Crippen molar-refractivity contribution in [3.63, 3.8) is 0 Å². The number of pyridine rings is 3. The molecule has 1 N–H and O–H groups in total. The van der Waals surface area contributed by atoms with Crippen LogP contribution in [0, 0.1) is 5.82 Å².